The highest BCUT2D eigenvalue weighted by atomic mass is 79.9. The Morgan fingerprint density at radius 2 is 2.14 bits per heavy atom. The van der Waals surface area contributed by atoms with Crippen molar-refractivity contribution in [3.63, 3.8) is 0 Å². The molecule has 2 aromatic rings. The molecular weight excluding hydrogens is 330 g/mol. The minimum atomic E-state index is -0.455. The third kappa shape index (κ3) is 3.04. The number of benzene rings is 1. The lowest BCUT2D eigenvalue weighted by atomic mass is 9.76. The first kappa shape index (κ1) is 14.7. The summed E-state index contributed by atoms with van der Waals surface area (Å²) in [7, 11) is 0. The number of aromatic nitrogens is 2. The van der Waals surface area contributed by atoms with Crippen molar-refractivity contribution in [3.05, 3.63) is 34.6 Å². The maximum Gasteiger partial charge on any atom is 0.247 e. The first-order valence-electron chi connectivity index (χ1n) is 7.50. The van der Waals surface area contributed by atoms with Gasteiger partial charge < -0.3 is 10.3 Å². The van der Waals surface area contributed by atoms with Crippen molar-refractivity contribution < 1.29 is 4.52 Å². The standard InChI is InChI=1S/C16H20BrN3O/c1-2-11-6-8-16(18,9-7-11)15-19-14(20-21-15)12-4-3-5-13(17)10-12/h3-5,10-11H,2,6-9,18H2,1H3. The topological polar surface area (TPSA) is 64.9 Å². The molecule has 0 unspecified atom stereocenters. The van der Waals surface area contributed by atoms with Crippen LogP contribution in [0.15, 0.2) is 33.3 Å². The van der Waals surface area contributed by atoms with Gasteiger partial charge in [0.25, 0.3) is 0 Å². The second-order valence-corrected chi connectivity index (χ2v) is 6.86. The SMILES string of the molecule is CCC1CCC(N)(c2nc(-c3cccc(Br)c3)no2)CC1. The lowest BCUT2D eigenvalue weighted by molar-refractivity contribution is 0.181. The van der Waals surface area contributed by atoms with Crippen molar-refractivity contribution in [2.75, 3.05) is 0 Å². The van der Waals surface area contributed by atoms with Crippen LogP contribution in [0.4, 0.5) is 0 Å². The molecule has 0 bridgehead atoms. The third-order valence-corrected chi connectivity index (χ3v) is 5.00. The minimum Gasteiger partial charge on any atom is -0.337 e. The van der Waals surface area contributed by atoms with Crippen LogP contribution in [-0.4, -0.2) is 10.1 Å². The first-order valence-corrected chi connectivity index (χ1v) is 8.29. The summed E-state index contributed by atoms with van der Waals surface area (Å²) in [6.07, 6.45) is 5.35. The Labute approximate surface area is 133 Å². The average molecular weight is 350 g/mol. The van der Waals surface area contributed by atoms with Gasteiger partial charge in [-0.05, 0) is 43.7 Å². The van der Waals surface area contributed by atoms with Crippen molar-refractivity contribution in [3.8, 4) is 11.4 Å². The quantitative estimate of drug-likeness (QED) is 0.899. The molecule has 0 aliphatic heterocycles. The van der Waals surface area contributed by atoms with Crippen LogP contribution >= 0.6 is 15.9 Å². The first-order chi connectivity index (χ1) is 10.1. The number of nitrogens with two attached hydrogens (primary N) is 1. The summed E-state index contributed by atoms with van der Waals surface area (Å²) in [5.74, 6) is 1.97. The van der Waals surface area contributed by atoms with E-state index in [-0.39, 0.29) is 0 Å². The zero-order valence-electron chi connectivity index (χ0n) is 12.2. The van der Waals surface area contributed by atoms with Gasteiger partial charge in [-0.3, -0.25) is 0 Å². The van der Waals surface area contributed by atoms with Crippen LogP contribution in [0, 0.1) is 5.92 Å². The lowest BCUT2D eigenvalue weighted by Gasteiger charge is -2.33. The van der Waals surface area contributed by atoms with E-state index in [1.165, 1.54) is 6.42 Å². The van der Waals surface area contributed by atoms with Crippen LogP contribution in [0.2, 0.25) is 0 Å². The van der Waals surface area contributed by atoms with E-state index in [1.807, 2.05) is 24.3 Å². The van der Waals surface area contributed by atoms with E-state index < -0.39 is 5.54 Å². The molecule has 4 nitrogen and oxygen atoms in total. The van der Waals surface area contributed by atoms with Crippen molar-refractivity contribution in [1.82, 2.24) is 10.1 Å². The number of halogens is 1. The predicted molar refractivity (Wildman–Crippen MR) is 85.5 cm³/mol. The Balaban J connectivity index is 1.82. The molecule has 21 heavy (non-hydrogen) atoms. The van der Waals surface area contributed by atoms with Gasteiger partial charge in [-0.2, -0.15) is 4.98 Å². The van der Waals surface area contributed by atoms with E-state index >= 15 is 0 Å². The van der Waals surface area contributed by atoms with Crippen LogP contribution in [-0.2, 0) is 5.54 Å². The minimum absolute atomic E-state index is 0.455. The highest BCUT2D eigenvalue weighted by Crippen LogP contribution is 2.38. The van der Waals surface area contributed by atoms with E-state index in [9.17, 15) is 0 Å². The monoisotopic (exact) mass is 349 g/mol. The van der Waals surface area contributed by atoms with E-state index in [1.54, 1.807) is 0 Å². The molecule has 5 heteroatoms. The van der Waals surface area contributed by atoms with Crippen LogP contribution in [0.5, 0.6) is 0 Å². The molecule has 0 atom stereocenters. The number of nitrogens with zero attached hydrogens (tertiary/aromatic N) is 2. The van der Waals surface area contributed by atoms with Gasteiger partial charge in [-0.15, -0.1) is 0 Å². The molecule has 0 saturated heterocycles. The molecule has 1 aromatic heterocycles. The maximum absolute atomic E-state index is 6.51. The van der Waals surface area contributed by atoms with Crippen LogP contribution in [0.1, 0.15) is 44.9 Å². The van der Waals surface area contributed by atoms with Crippen LogP contribution in [0.3, 0.4) is 0 Å². The molecule has 2 N–H and O–H groups in total. The van der Waals surface area contributed by atoms with E-state index in [0.717, 1.165) is 41.6 Å². The molecule has 1 aliphatic carbocycles. The molecule has 0 spiro atoms. The Morgan fingerprint density at radius 1 is 1.38 bits per heavy atom. The van der Waals surface area contributed by atoms with Gasteiger partial charge in [0.15, 0.2) is 0 Å². The second kappa shape index (κ2) is 5.89. The normalized spacial score (nSPS) is 26.0. The van der Waals surface area contributed by atoms with Crippen molar-refractivity contribution in [1.29, 1.82) is 0 Å². The van der Waals surface area contributed by atoms with Gasteiger partial charge in [0, 0.05) is 10.0 Å². The summed E-state index contributed by atoms with van der Waals surface area (Å²) in [6.45, 7) is 2.24. The Kier molecular flexibility index (Phi) is 4.13. The molecule has 0 radical (unpaired) electrons. The predicted octanol–water partition coefficient (Wildman–Crippen LogP) is 4.25. The second-order valence-electron chi connectivity index (χ2n) is 5.94. The Bertz CT molecular complexity index is 617. The Hall–Kier alpha value is -1.20. The summed E-state index contributed by atoms with van der Waals surface area (Å²) >= 11 is 3.46. The van der Waals surface area contributed by atoms with Crippen LogP contribution in [0.25, 0.3) is 11.4 Å². The molecular formula is C16H20BrN3O. The number of hydrogen-bond acceptors (Lipinski definition) is 4. The summed E-state index contributed by atoms with van der Waals surface area (Å²) in [4.78, 5) is 4.54. The molecule has 1 aromatic carbocycles. The molecule has 1 heterocycles. The highest BCUT2D eigenvalue weighted by Gasteiger charge is 2.37. The highest BCUT2D eigenvalue weighted by molar-refractivity contribution is 9.10. The maximum atomic E-state index is 6.51. The van der Waals surface area contributed by atoms with Crippen LogP contribution < -0.4 is 5.73 Å². The summed E-state index contributed by atoms with van der Waals surface area (Å²) in [6, 6.07) is 7.88. The number of hydrogen-bond donors (Lipinski definition) is 1. The molecule has 1 fully saturated rings. The summed E-state index contributed by atoms with van der Waals surface area (Å²) < 4.78 is 6.47. The van der Waals surface area contributed by atoms with Gasteiger partial charge in [0.05, 0.1) is 5.54 Å². The van der Waals surface area contributed by atoms with Crippen molar-refractivity contribution in [2.24, 2.45) is 11.7 Å². The molecule has 3 rings (SSSR count). The zero-order chi connectivity index (χ0) is 14.9. The summed E-state index contributed by atoms with van der Waals surface area (Å²) in [5.41, 5.74) is 6.99. The van der Waals surface area contributed by atoms with E-state index in [0.29, 0.717) is 11.7 Å². The van der Waals surface area contributed by atoms with E-state index in [2.05, 4.69) is 33.0 Å². The smallest absolute Gasteiger partial charge is 0.247 e. The van der Waals surface area contributed by atoms with Crippen molar-refractivity contribution >= 4 is 15.9 Å². The van der Waals surface area contributed by atoms with Gasteiger partial charge in [0.1, 0.15) is 0 Å². The summed E-state index contributed by atoms with van der Waals surface area (Å²) in [5, 5.41) is 4.10. The van der Waals surface area contributed by atoms with Gasteiger partial charge in [-0.25, -0.2) is 0 Å². The van der Waals surface area contributed by atoms with Gasteiger partial charge >= 0.3 is 0 Å². The van der Waals surface area contributed by atoms with Crippen molar-refractivity contribution in [2.45, 2.75) is 44.6 Å². The Morgan fingerprint density at radius 3 is 2.81 bits per heavy atom. The fourth-order valence-electron chi connectivity index (χ4n) is 2.99. The number of rotatable bonds is 3. The molecule has 0 amide bonds. The van der Waals surface area contributed by atoms with Gasteiger partial charge in [0.2, 0.25) is 11.7 Å². The van der Waals surface area contributed by atoms with Gasteiger partial charge in [-0.1, -0.05) is 46.6 Å². The molecule has 1 aliphatic rings. The zero-order valence-corrected chi connectivity index (χ0v) is 13.8. The third-order valence-electron chi connectivity index (χ3n) is 4.51. The molecule has 112 valence electrons. The lowest BCUT2D eigenvalue weighted by Crippen LogP contribution is -2.40. The fraction of sp³-hybridized carbons (Fsp3) is 0.500. The average Bonchev–Trinajstić information content (AvgIpc) is 2.99. The fourth-order valence-corrected chi connectivity index (χ4v) is 3.38. The largest absolute Gasteiger partial charge is 0.337 e. The van der Waals surface area contributed by atoms with E-state index in [4.69, 9.17) is 10.3 Å². The molecule has 1 saturated carbocycles.